The van der Waals surface area contributed by atoms with Gasteiger partial charge in [0.15, 0.2) is 0 Å². The number of nitrogens with zero attached hydrogens (tertiary/aromatic N) is 2. The van der Waals surface area contributed by atoms with Gasteiger partial charge in [0.05, 0.1) is 0 Å². The van der Waals surface area contributed by atoms with Crippen LogP contribution < -0.4 is 0 Å². The van der Waals surface area contributed by atoms with Gasteiger partial charge in [-0.2, -0.15) is 0 Å². The molecule has 0 saturated heterocycles. The number of hydrogen-bond acceptors (Lipinski definition) is 2. The van der Waals surface area contributed by atoms with E-state index in [9.17, 15) is 0 Å². The lowest BCUT2D eigenvalue weighted by atomic mass is 9.81. The average Bonchev–Trinajstić information content (AvgIpc) is 3.04. The predicted molar refractivity (Wildman–Crippen MR) is 177 cm³/mol. The Labute approximate surface area is 247 Å². The first-order valence-electron chi connectivity index (χ1n) is 14.5. The van der Waals surface area contributed by atoms with E-state index >= 15 is 0 Å². The van der Waals surface area contributed by atoms with Crippen molar-refractivity contribution in [2.24, 2.45) is 0 Å². The average molecular weight is 541 g/mol. The maximum absolute atomic E-state index is 4.74. The van der Waals surface area contributed by atoms with Gasteiger partial charge in [0.1, 0.15) is 0 Å². The molecular weight excluding hydrogens is 508 g/mol. The molecule has 42 heavy (non-hydrogen) atoms. The molecule has 2 nitrogen and oxygen atoms in total. The topological polar surface area (TPSA) is 25.8 Å². The summed E-state index contributed by atoms with van der Waals surface area (Å²) in [4.78, 5) is 9.46. The van der Waals surface area contributed by atoms with Gasteiger partial charge in [-0.1, -0.05) is 118 Å². The van der Waals surface area contributed by atoms with Crippen LogP contribution in [0.5, 0.6) is 0 Å². The first-order chi connectivity index (χ1) is 20.5. The zero-order valence-corrected chi connectivity index (χ0v) is 24.2. The first kappa shape index (κ1) is 25.9. The van der Waals surface area contributed by atoms with Crippen LogP contribution in [0.4, 0.5) is 0 Å². The molecule has 202 valence electrons. The predicted octanol–water partition coefficient (Wildman–Crippen LogP) is 10.7. The minimum atomic E-state index is 0.0101. The zero-order valence-electron chi connectivity index (χ0n) is 24.2. The molecule has 5 aromatic carbocycles. The van der Waals surface area contributed by atoms with Crippen LogP contribution in [0.25, 0.3) is 66.1 Å². The molecule has 0 unspecified atom stereocenters. The summed E-state index contributed by atoms with van der Waals surface area (Å²) in [6.07, 6.45) is 7.92. The van der Waals surface area contributed by atoms with Crippen molar-refractivity contribution in [2.75, 3.05) is 0 Å². The van der Waals surface area contributed by atoms with Crippen LogP contribution >= 0.6 is 0 Å². The van der Waals surface area contributed by atoms with E-state index in [4.69, 9.17) is 9.97 Å². The summed E-state index contributed by atoms with van der Waals surface area (Å²) in [5.41, 5.74) is 10.5. The summed E-state index contributed by atoms with van der Waals surface area (Å²) < 4.78 is 0. The molecule has 0 radical (unpaired) electrons. The van der Waals surface area contributed by atoms with Crippen molar-refractivity contribution in [2.45, 2.75) is 26.2 Å². The second kappa shape index (κ2) is 10.4. The van der Waals surface area contributed by atoms with Gasteiger partial charge < -0.3 is 0 Å². The SMILES string of the molecule is CC(C)(C)c1ccc2c(-c3cncc(-c4ccccc4)c3)c3ccccc3c(-c3cncc(-c4ccccc4)c3)c2c1. The van der Waals surface area contributed by atoms with Crippen LogP contribution in [0.15, 0.2) is 140 Å². The van der Waals surface area contributed by atoms with Crippen LogP contribution in [0.2, 0.25) is 0 Å². The van der Waals surface area contributed by atoms with Crippen molar-refractivity contribution in [1.29, 1.82) is 0 Å². The Morgan fingerprint density at radius 2 is 0.810 bits per heavy atom. The zero-order chi connectivity index (χ0) is 28.7. The number of fused-ring (bicyclic) bond motifs is 2. The van der Waals surface area contributed by atoms with Crippen molar-refractivity contribution in [3.05, 3.63) is 146 Å². The molecule has 0 saturated carbocycles. The summed E-state index contributed by atoms with van der Waals surface area (Å²) in [6, 6.07) is 41.3. The van der Waals surface area contributed by atoms with Gasteiger partial charge >= 0.3 is 0 Å². The molecule has 0 N–H and O–H groups in total. The highest BCUT2D eigenvalue weighted by Gasteiger charge is 2.21. The Morgan fingerprint density at radius 3 is 1.31 bits per heavy atom. The van der Waals surface area contributed by atoms with Crippen molar-refractivity contribution in [3.8, 4) is 44.5 Å². The molecule has 7 rings (SSSR count). The summed E-state index contributed by atoms with van der Waals surface area (Å²) in [5, 5.41) is 4.87. The molecule has 2 aromatic heterocycles. The third-order valence-electron chi connectivity index (χ3n) is 8.16. The fourth-order valence-corrected chi connectivity index (χ4v) is 6.00. The third-order valence-corrected chi connectivity index (χ3v) is 8.16. The van der Waals surface area contributed by atoms with Gasteiger partial charge in [0.25, 0.3) is 0 Å². The highest BCUT2D eigenvalue weighted by molar-refractivity contribution is 6.21. The van der Waals surface area contributed by atoms with Crippen molar-refractivity contribution >= 4 is 21.5 Å². The largest absolute Gasteiger partial charge is 0.263 e. The Hall–Kier alpha value is -5.08. The lowest BCUT2D eigenvalue weighted by Gasteiger charge is -2.23. The van der Waals surface area contributed by atoms with E-state index in [1.54, 1.807) is 0 Å². The van der Waals surface area contributed by atoms with Crippen molar-refractivity contribution < 1.29 is 0 Å². The maximum atomic E-state index is 4.74. The number of benzene rings is 5. The third kappa shape index (κ3) is 4.65. The molecule has 7 aromatic rings. The molecule has 2 heterocycles. The second-order valence-electron chi connectivity index (χ2n) is 12.0. The fraction of sp³-hybridized carbons (Fsp3) is 0.100. The van der Waals surface area contributed by atoms with Crippen LogP contribution in [-0.2, 0) is 5.41 Å². The summed E-state index contributed by atoms with van der Waals surface area (Å²) in [5.74, 6) is 0. The lowest BCUT2D eigenvalue weighted by Crippen LogP contribution is -2.10. The van der Waals surface area contributed by atoms with Crippen LogP contribution in [0, 0.1) is 0 Å². The molecule has 0 amide bonds. The minimum Gasteiger partial charge on any atom is -0.263 e. The number of aromatic nitrogens is 2. The summed E-state index contributed by atoms with van der Waals surface area (Å²) in [7, 11) is 0. The molecule has 0 bridgehead atoms. The fourth-order valence-electron chi connectivity index (χ4n) is 6.00. The Bertz CT molecular complexity index is 2050. The Balaban J connectivity index is 1.56. The maximum Gasteiger partial charge on any atom is 0.0347 e. The molecule has 0 aliphatic heterocycles. The number of hydrogen-bond donors (Lipinski definition) is 0. The van der Waals surface area contributed by atoms with Gasteiger partial charge in [0.2, 0.25) is 0 Å². The quantitative estimate of drug-likeness (QED) is 0.208. The number of pyridine rings is 2. The second-order valence-corrected chi connectivity index (χ2v) is 12.0. The monoisotopic (exact) mass is 540 g/mol. The van der Waals surface area contributed by atoms with E-state index < -0.39 is 0 Å². The van der Waals surface area contributed by atoms with Gasteiger partial charge in [-0.05, 0) is 73.0 Å². The molecule has 0 fully saturated rings. The molecule has 2 heteroatoms. The van der Waals surface area contributed by atoms with Crippen LogP contribution in [0.1, 0.15) is 26.3 Å². The molecular formula is C40H32N2. The normalized spacial score (nSPS) is 11.7. The molecule has 0 spiro atoms. The highest BCUT2D eigenvalue weighted by Crippen LogP contribution is 2.45. The summed E-state index contributed by atoms with van der Waals surface area (Å²) in [6.45, 7) is 6.84. The Kier molecular flexibility index (Phi) is 6.40. The standard InChI is InChI=1S/C40H32N2/c1-40(2,3)33-18-19-36-37(22-33)39(32-21-30(24-42-26-32)28-14-8-5-9-15-28)35-17-11-10-16-34(35)38(36)31-20-29(23-41-25-31)27-12-6-4-7-13-27/h4-26H,1-3H3. The van der Waals surface area contributed by atoms with E-state index in [2.05, 4.69) is 136 Å². The van der Waals surface area contributed by atoms with E-state index in [0.717, 1.165) is 33.4 Å². The molecule has 0 aliphatic rings. The van der Waals surface area contributed by atoms with Crippen molar-refractivity contribution in [1.82, 2.24) is 9.97 Å². The van der Waals surface area contributed by atoms with E-state index in [1.807, 2.05) is 24.8 Å². The Morgan fingerprint density at radius 1 is 0.381 bits per heavy atom. The minimum absolute atomic E-state index is 0.0101. The summed E-state index contributed by atoms with van der Waals surface area (Å²) >= 11 is 0. The number of rotatable bonds is 4. The van der Waals surface area contributed by atoms with Gasteiger partial charge in [-0.25, -0.2) is 0 Å². The van der Waals surface area contributed by atoms with Crippen LogP contribution in [-0.4, -0.2) is 9.97 Å². The van der Waals surface area contributed by atoms with Crippen LogP contribution in [0.3, 0.4) is 0 Å². The van der Waals surface area contributed by atoms with Gasteiger partial charge in [-0.3, -0.25) is 9.97 Å². The van der Waals surface area contributed by atoms with E-state index in [1.165, 1.54) is 38.2 Å². The lowest BCUT2D eigenvalue weighted by molar-refractivity contribution is 0.591. The molecule has 0 aliphatic carbocycles. The van der Waals surface area contributed by atoms with E-state index in [-0.39, 0.29) is 5.41 Å². The molecule has 0 atom stereocenters. The van der Waals surface area contributed by atoms with Crippen molar-refractivity contribution in [3.63, 3.8) is 0 Å². The highest BCUT2D eigenvalue weighted by atomic mass is 14.6. The van der Waals surface area contributed by atoms with E-state index in [0.29, 0.717) is 0 Å². The van der Waals surface area contributed by atoms with Gasteiger partial charge in [-0.15, -0.1) is 0 Å². The van der Waals surface area contributed by atoms with Gasteiger partial charge in [0, 0.05) is 47.0 Å². The smallest absolute Gasteiger partial charge is 0.0347 e. The first-order valence-corrected chi connectivity index (χ1v) is 14.5.